The van der Waals surface area contributed by atoms with E-state index in [-0.39, 0.29) is 31.2 Å². The number of pyridine rings is 1. The van der Waals surface area contributed by atoms with E-state index in [1.54, 1.807) is 18.2 Å². The average molecular weight is 398 g/mol. The normalized spacial score (nSPS) is 13.0. The minimum atomic E-state index is -5.13. The number of nitrogens with one attached hydrogen (secondary N) is 1. The van der Waals surface area contributed by atoms with E-state index in [0.717, 1.165) is 0 Å². The van der Waals surface area contributed by atoms with E-state index in [2.05, 4.69) is 4.98 Å². The van der Waals surface area contributed by atoms with Crippen LogP contribution in [0.2, 0.25) is 0 Å². The van der Waals surface area contributed by atoms with Crippen molar-refractivity contribution in [2.24, 2.45) is 0 Å². The largest absolute Gasteiger partial charge is 0.416 e. The number of benzene rings is 1. The standard InChI is InChI=1S/C15H12F6N2O2S/c16-14(17,18)10-7-11(15(19,20)21)9-13(8-10)26(24,25)23-6-4-12-3-1-2-5-22-12/h1-3,5,7-9,23H,4,6H2. The van der Waals surface area contributed by atoms with Crippen molar-refractivity contribution in [1.82, 2.24) is 9.71 Å². The Labute approximate surface area is 144 Å². The molecule has 1 N–H and O–H groups in total. The van der Waals surface area contributed by atoms with Gasteiger partial charge in [-0.1, -0.05) is 6.07 Å². The summed E-state index contributed by atoms with van der Waals surface area (Å²) in [4.78, 5) is 2.82. The van der Waals surface area contributed by atoms with Crippen LogP contribution in [0.5, 0.6) is 0 Å². The summed E-state index contributed by atoms with van der Waals surface area (Å²) in [5.41, 5.74) is -2.88. The monoisotopic (exact) mass is 398 g/mol. The molecule has 0 amide bonds. The second-order valence-electron chi connectivity index (χ2n) is 5.21. The molecule has 142 valence electrons. The molecule has 0 radical (unpaired) electrons. The SMILES string of the molecule is O=S(=O)(NCCc1ccccn1)c1cc(C(F)(F)F)cc(C(F)(F)F)c1. The first kappa shape index (κ1) is 20.2. The summed E-state index contributed by atoms with van der Waals surface area (Å²) in [6.07, 6.45) is -8.67. The van der Waals surface area contributed by atoms with Crippen LogP contribution in [0.4, 0.5) is 26.3 Å². The Morgan fingerprint density at radius 1 is 0.923 bits per heavy atom. The Bertz CT molecular complexity index is 832. The second-order valence-corrected chi connectivity index (χ2v) is 6.98. The maximum Gasteiger partial charge on any atom is 0.416 e. The Hall–Kier alpha value is -2.14. The quantitative estimate of drug-likeness (QED) is 0.783. The van der Waals surface area contributed by atoms with E-state index in [0.29, 0.717) is 5.69 Å². The number of sulfonamides is 1. The van der Waals surface area contributed by atoms with Gasteiger partial charge in [0.2, 0.25) is 10.0 Å². The summed E-state index contributed by atoms with van der Waals surface area (Å²) in [5, 5.41) is 0. The summed E-state index contributed by atoms with van der Waals surface area (Å²) >= 11 is 0. The van der Waals surface area contributed by atoms with Gasteiger partial charge in [-0.3, -0.25) is 4.98 Å². The lowest BCUT2D eigenvalue weighted by molar-refractivity contribution is -0.143. The second kappa shape index (κ2) is 7.23. The van der Waals surface area contributed by atoms with E-state index < -0.39 is 38.4 Å². The smallest absolute Gasteiger partial charge is 0.261 e. The molecule has 0 aliphatic heterocycles. The van der Waals surface area contributed by atoms with Crippen LogP contribution < -0.4 is 4.72 Å². The van der Waals surface area contributed by atoms with Crippen LogP contribution in [-0.2, 0) is 28.8 Å². The molecule has 0 atom stereocenters. The van der Waals surface area contributed by atoms with Crippen LogP contribution in [0.15, 0.2) is 47.5 Å². The van der Waals surface area contributed by atoms with E-state index in [4.69, 9.17) is 0 Å². The zero-order valence-electron chi connectivity index (χ0n) is 12.9. The molecule has 0 aliphatic carbocycles. The molecule has 2 rings (SSSR count). The van der Waals surface area contributed by atoms with Gasteiger partial charge in [-0.15, -0.1) is 0 Å². The van der Waals surface area contributed by atoms with Crippen molar-refractivity contribution in [3.63, 3.8) is 0 Å². The number of alkyl halides is 6. The predicted octanol–water partition coefficient (Wildman–Crippen LogP) is 3.64. The van der Waals surface area contributed by atoms with Crippen LogP contribution in [-0.4, -0.2) is 19.9 Å². The lowest BCUT2D eigenvalue weighted by atomic mass is 10.1. The van der Waals surface area contributed by atoms with Crippen LogP contribution >= 0.6 is 0 Å². The fourth-order valence-corrected chi connectivity index (χ4v) is 3.13. The van der Waals surface area contributed by atoms with E-state index >= 15 is 0 Å². The third-order valence-corrected chi connectivity index (χ3v) is 4.71. The molecular weight excluding hydrogens is 386 g/mol. The first-order valence-electron chi connectivity index (χ1n) is 7.09. The molecule has 0 unspecified atom stereocenters. The van der Waals surface area contributed by atoms with Crippen molar-refractivity contribution < 1.29 is 34.8 Å². The molecule has 26 heavy (non-hydrogen) atoms. The Balaban J connectivity index is 2.29. The van der Waals surface area contributed by atoms with Crippen LogP contribution in [0, 0.1) is 0 Å². The van der Waals surface area contributed by atoms with Gasteiger partial charge in [-0.2, -0.15) is 26.3 Å². The van der Waals surface area contributed by atoms with Crippen LogP contribution in [0.25, 0.3) is 0 Å². The van der Waals surface area contributed by atoms with Crippen molar-refractivity contribution in [3.8, 4) is 0 Å². The van der Waals surface area contributed by atoms with Crippen LogP contribution in [0.1, 0.15) is 16.8 Å². The molecule has 0 saturated heterocycles. The molecule has 2 aromatic rings. The van der Waals surface area contributed by atoms with Crippen LogP contribution in [0.3, 0.4) is 0 Å². The zero-order chi connectivity index (χ0) is 19.6. The molecule has 1 aromatic heterocycles. The number of nitrogens with zero attached hydrogens (tertiary/aromatic N) is 1. The molecule has 1 aromatic carbocycles. The number of halogens is 6. The number of rotatable bonds is 5. The minimum absolute atomic E-state index is 0.116. The summed E-state index contributed by atoms with van der Waals surface area (Å²) in [6, 6.07) is 5.08. The lowest BCUT2D eigenvalue weighted by Gasteiger charge is -2.14. The minimum Gasteiger partial charge on any atom is -0.261 e. The van der Waals surface area contributed by atoms with Gasteiger partial charge < -0.3 is 0 Å². The Kier molecular flexibility index (Phi) is 5.61. The molecule has 11 heteroatoms. The summed E-state index contributed by atoms with van der Waals surface area (Å²) in [5.74, 6) is 0. The summed E-state index contributed by atoms with van der Waals surface area (Å²) in [6.45, 7) is -0.239. The van der Waals surface area contributed by atoms with Gasteiger partial charge in [0, 0.05) is 24.9 Å². The van der Waals surface area contributed by atoms with Crippen molar-refractivity contribution in [1.29, 1.82) is 0 Å². The third-order valence-electron chi connectivity index (χ3n) is 3.27. The molecular formula is C15H12F6N2O2S. The Morgan fingerprint density at radius 3 is 1.96 bits per heavy atom. The molecule has 4 nitrogen and oxygen atoms in total. The van der Waals surface area contributed by atoms with Crippen molar-refractivity contribution >= 4 is 10.0 Å². The summed E-state index contributed by atoms with van der Waals surface area (Å²) in [7, 11) is -4.57. The van der Waals surface area contributed by atoms with Crippen molar-refractivity contribution in [2.45, 2.75) is 23.7 Å². The zero-order valence-corrected chi connectivity index (χ0v) is 13.7. The molecule has 0 fully saturated rings. The number of hydrogen-bond donors (Lipinski definition) is 1. The Morgan fingerprint density at radius 2 is 1.50 bits per heavy atom. The van der Waals surface area contributed by atoms with Gasteiger partial charge in [0.1, 0.15) is 0 Å². The van der Waals surface area contributed by atoms with Gasteiger partial charge in [-0.05, 0) is 30.3 Å². The predicted molar refractivity (Wildman–Crippen MR) is 79.6 cm³/mol. The lowest BCUT2D eigenvalue weighted by Crippen LogP contribution is -2.27. The van der Waals surface area contributed by atoms with Gasteiger partial charge in [0.15, 0.2) is 0 Å². The topological polar surface area (TPSA) is 59.1 Å². The van der Waals surface area contributed by atoms with Gasteiger partial charge in [0.25, 0.3) is 0 Å². The first-order chi connectivity index (χ1) is 11.9. The average Bonchev–Trinajstić information content (AvgIpc) is 2.53. The van der Waals surface area contributed by atoms with Gasteiger partial charge in [-0.25, -0.2) is 13.1 Å². The highest BCUT2D eigenvalue weighted by Gasteiger charge is 2.38. The molecule has 1 heterocycles. The highest BCUT2D eigenvalue weighted by Crippen LogP contribution is 2.37. The fourth-order valence-electron chi connectivity index (χ4n) is 2.02. The van der Waals surface area contributed by atoms with Crippen molar-refractivity contribution in [2.75, 3.05) is 6.54 Å². The number of aromatic nitrogens is 1. The highest BCUT2D eigenvalue weighted by molar-refractivity contribution is 7.89. The highest BCUT2D eigenvalue weighted by atomic mass is 32.2. The maximum atomic E-state index is 12.8. The third kappa shape index (κ3) is 5.18. The molecule has 0 spiro atoms. The molecule has 0 aliphatic rings. The van der Waals surface area contributed by atoms with E-state index in [1.807, 2.05) is 4.72 Å². The maximum absolute atomic E-state index is 12.8. The van der Waals surface area contributed by atoms with E-state index in [1.165, 1.54) is 6.20 Å². The number of hydrogen-bond acceptors (Lipinski definition) is 3. The van der Waals surface area contributed by atoms with E-state index in [9.17, 15) is 34.8 Å². The molecule has 0 saturated carbocycles. The summed E-state index contributed by atoms with van der Waals surface area (Å²) < 4.78 is 103. The van der Waals surface area contributed by atoms with Gasteiger partial charge >= 0.3 is 12.4 Å². The van der Waals surface area contributed by atoms with Crippen molar-refractivity contribution in [3.05, 3.63) is 59.4 Å². The fraction of sp³-hybridized carbons (Fsp3) is 0.267. The van der Waals surface area contributed by atoms with Gasteiger partial charge in [0.05, 0.1) is 16.0 Å². The first-order valence-corrected chi connectivity index (χ1v) is 8.57. The molecule has 0 bridgehead atoms.